The Morgan fingerprint density at radius 3 is 2.81 bits per heavy atom. The summed E-state index contributed by atoms with van der Waals surface area (Å²) in [7, 11) is 1.61. The molecule has 0 fully saturated rings. The molecule has 1 amide bonds. The van der Waals surface area contributed by atoms with Crippen molar-refractivity contribution in [1.82, 2.24) is 0 Å². The number of ether oxygens (including phenoxy) is 1. The molecule has 4 heteroatoms. The maximum Gasteiger partial charge on any atom is 0.224 e. The minimum Gasteiger partial charge on any atom is -0.496 e. The zero-order valence-electron chi connectivity index (χ0n) is 9.62. The second-order valence-corrected chi connectivity index (χ2v) is 3.56. The Bertz CT molecular complexity index is 363. The van der Waals surface area contributed by atoms with Gasteiger partial charge in [0, 0.05) is 18.7 Å². The van der Waals surface area contributed by atoms with Crippen LogP contribution < -0.4 is 10.1 Å². The number of hydrogen-bond acceptors (Lipinski definition) is 3. The Morgan fingerprint density at radius 1 is 1.50 bits per heavy atom. The van der Waals surface area contributed by atoms with Gasteiger partial charge >= 0.3 is 0 Å². The van der Waals surface area contributed by atoms with Crippen LogP contribution in [0.2, 0.25) is 0 Å². The predicted molar refractivity (Wildman–Crippen MR) is 62.7 cm³/mol. The van der Waals surface area contributed by atoms with Crippen LogP contribution in [0.1, 0.15) is 18.4 Å². The van der Waals surface area contributed by atoms with Gasteiger partial charge in [-0.15, -0.1) is 0 Å². The van der Waals surface area contributed by atoms with Crippen LogP contribution in [0, 0.1) is 6.92 Å². The monoisotopic (exact) mass is 223 g/mol. The van der Waals surface area contributed by atoms with E-state index in [0.717, 1.165) is 17.0 Å². The first-order valence-electron chi connectivity index (χ1n) is 5.22. The minimum absolute atomic E-state index is 0.0368. The van der Waals surface area contributed by atoms with E-state index in [-0.39, 0.29) is 12.5 Å². The van der Waals surface area contributed by atoms with Crippen molar-refractivity contribution < 1.29 is 14.6 Å². The number of carbonyl (C=O) groups is 1. The molecule has 0 saturated carbocycles. The summed E-state index contributed by atoms with van der Waals surface area (Å²) < 4.78 is 5.12. The predicted octanol–water partition coefficient (Wildman–Crippen LogP) is 1.71. The molecule has 1 aromatic rings. The topological polar surface area (TPSA) is 58.6 Å². The van der Waals surface area contributed by atoms with E-state index in [1.807, 2.05) is 19.1 Å². The molecule has 0 bridgehead atoms. The Kier molecular flexibility index (Phi) is 4.79. The third-order valence-corrected chi connectivity index (χ3v) is 2.24. The molecule has 0 atom stereocenters. The quantitative estimate of drug-likeness (QED) is 0.799. The lowest BCUT2D eigenvalue weighted by atomic mass is 10.2. The van der Waals surface area contributed by atoms with Gasteiger partial charge in [0.25, 0.3) is 0 Å². The molecule has 0 unspecified atom stereocenters. The van der Waals surface area contributed by atoms with E-state index < -0.39 is 0 Å². The van der Waals surface area contributed by atoms with Crippen molar-refractivity contribution in [3.63, 3.8) is 0 Å². The molecule has 0 aromatic heterocycles. The molecule has 0 heterocycles. The van der Waals surface area contributed by atoms with Gasteiger partial charge in [-0.1, -0.05) is 0 Å². The van der Waals surface area contributed by atoms with Crippen LogP contribution >= 0.6 is 0 Å². The van der Waals surface area contributed by atoms with E-state index in [0.29, 0.717) is 12.8 Å². The Morgan fingerprint density at radius 2 is 2.25 bits per heavy atom. The van der Waals surface area contributed by atoms with Crippen LogP contribution in [-0.4, -0.2) is 24.7 Å². The average Bonchev–Trinajstić information content (AvgIpc) is 2.26. The molecular formula is C12H17NO3. The van der Waals surface area contributed by atoms with E-state index in [1.165, 1.54) is 0 Å². The standard InChI is InChI=1S/C12H17NO3/c1-9-8-10(5-6-11(9)16-2)13-12(15)4-3-7-14/h5-6,8,14H,3-4,7H2,1-2H3,(H,13,15). The maximum atomic E-state index is 11.4. The zero-order valence-corrected chi connectivity index (χ0v) is 9.62. The van der Waals surface area contributed by atoms with Crippen molar-refractivity contribution in [3.8, 4) is 5.75 Å². The van der Waals surface area contributed by atoms with Gasteiger partial charge in [0.05, 0.1) is 7.11 Å². The number of rotatable bonds is 5. The van der Waals surface area contributed by atoms with Gasteiger partial charge in [0.2, 0.25) is 5.91 Å². The SMILES string of the molecule is COc1ccc(NC(=O)CCCO)cc1C. The summed E-state index contributed by atoms with van der Waals surface area (Å²) in [5.74, 6) is 0.715. The second kappa shape index (κ2) is 6.12. The number of nitrogens with one attached hydrogen (secondary N) is 1. The number of carbonyl (C=O) groups excluding carboxylic acids is 1. The third-order valence-electron chi connectivity index (χ3n) is 2.24. The Balaban J connectivity index is 2.61. The van der Waals surface area contributed by atoms with Gasteiger partial charge in [-0.3, -0.25) is 4.79 Å². The van der Waals surface area contributed by atoms with E-state index in [2.05, 4.69) is 5.32 Å². The van der Waals surface area contributed by atoms with Crippen molar-refractivity contribution in [1.29, 1.82) is 0 Å². The number of hydrogen-bond donors (Lipinski definition) is 2. The number of aliphatic hydroxyl groups is 1. The van der Waals surface area contributed by atoms with Crippen LogP contribution in [0.25, 0.3) is 0 Å². The fraction of sp³-hybridized carbons (Fsp3) is 0.417. The number of aryl methyl sites for hydroxylation is 1. The van der Waals surface area contributed by atoms with Gasteiger partial charge in [-0.05, 0) is 37.1 Å². The summed E-state index contributed by atoms with van der Waals surface area (Å²) in [6, 6.07) is 5.47. The largest absolute Gasteiger partial charge is 0.496 e. The molecule has 1 rings (SSSR count). The highest BCUT2D eigenvalue weighted by atomic mass is 16.5. The molecule has 0 saturated heterocycles. The fourth-order valence-electron chi connectivity index (χ4n) is 1.42. The summed E-state index contributed by atoms with van der Waals surface area (Å²) in [4.78, 5) is 11.4. The van der Waals surface area contributed by atoms with Crippen molar-refractivity contribution in [2.24, 2.45) is 0 Å². The molecular weight excluding hydrogens is 206 g/mol. The number of anilines is 1. The molecule has 0 spiro atoms. The lowest BCUT2D eigenvalue weighted by molar-refractivity contribution is -0.116. The highest BCUT2D eigenvalue weighted by molar-refractivity contribution is 5.90. The zero-order chi connectivity index (χ0) is 12.0. The molecule has 0 radical (unpaired) electrons. The Labute approximate surface area is 95.2 Å². The number of methoxy groups -OCH3 is 1. The van der Waals surface area contributed by atoms with E-state index in [4.69, 9.17) is 9.84 Å². The molecule has 0 aliphatic rings. The lowest BCUT2D eigenvalue weighted by Gasteiger charge is -2.08. The van der Waals surface area contributed by atoms with Gasteiger partial charge in [-0.2, -0.15) is 0 Å². The minimum atomic E-state index is -0.0846. The van der Waals surface area contributed by atoms with E-state index in [9.17, 15) is 4.79 Å². The summed E-state index contributed by atoms with van der Waals surface area (Å²) in [6.45, 7) is 1.96. The second-order valence-electron chi connectivity index (χ2n) is 3.56. The lowest BCUT2D eigenvalue weighted by Crippen LogP contribution is -2.11. The average molecular weight is 223 g/mol. The molecule has 4 nitrogen and oxygen atoms in total. The van der Waals surface area contributed by atoms with Crippen molar-refractivity contribution >= 4 is 11.6 Å². The van der Waals surface area contributed by atoms with Gasteiger partial charge < -0.3 is 15.2 Å². The van der Waals surface area contributed by atoms with E-state index in [1.54, 1.807) is 13.2 Å². The highest BCUT2D eigenvalue weighted by Gasteiger charge is 2.04. The molecule has 0 aliphatic carbocycles. The van der Waals surface area contributed by atoms with Gasteiger partial charge in [-0.25, -0.2) is 0 Å². The first-order valence-corrected chi connectivity index (χ1v) is 5.22. The first-order chi connectivity index (χ1) is 7.67. The maximum absolute atomic E-state index is 11.4. The normalized spacial score (nSPS) is 9.94. The van der Waals surface area contributed by atoms with Crippen LogP contribution in [0.3, 0.4) is 0 Å². The Hall–Kier alpha value is -1.55. The van der Waals surface area contributed by atoms with E-state index >= 15 is 0 Å². The molecule has 0 aliphatic heterocycles. The highest BCUT2D eigenvalue weighted by Crippen LogP contribution is 2.21. The number of amides is 1. The summed E-state index contributed by atoms with van der Waals surface area (Å²) >= 11 is 0. The van der Waals surface area contributed by atoms with Crippen LogP contribution in [0.5, 0.6) is 5.75 Å². The third kappa shape index (κ3) is 3.55. The fourth-order valence-corrected chi connectivity index (χ4v) is 1.42. The number of aliphatic hydroxyl groups excluding tert-OH is 1. The summed E-state index contributed by atoms with van der Waals surface area (Å²) in [6.07, 6.45) is 0.822. The smallest absolute Gasteiger partial charge is 0.224 e. The van der Waals surface area contributed by atoms with Crippen molar-refractivity contribution in [3.05, 3.63) is 23.8 Å². The molecule has 16 heavy (non-hydrogen) atoms. The van der Waals surface area contributed by atoms with Gasteiger partial charge in [0.1, 0.15) is 5.75 Å². The summed E-state index contributed by atoms with van der Waals surface area (Å²) in [5.41, 5.74) is 1.73. The first kappa shape index (κ1) is 12.5. The molecule has 2 N–H and O–H groups in total. The van der Waals surface area contributed by atoms with Crippen molar-refractivity contribution in [2.75, 3.05) is 19.0 Å². The van der Waals surface area contributed by atoms with Crippen LogP contribution in [0.4, 0.5) is 5.69 Å². The van der Waals surface area contributed by atoms with Crippen LogP contribution in [0.15, 0.2) is 18.2 Å². The number of benzene rings is 1. The van der Waals surface area contributed by atoms with Crippen LogP contribution in [-0.2, 0) is 4.79 Å². The van der Waals surface area contributed by atoms with Gasteiger partial charge in [0.15, 0.2) is 0 Å². The molecule has 1 aromatic carbocycles. The molecule has 88 valence electrons. The van der Waals surface area contributed by atoms with Crippen molar-refractivity contribution in [2.45, 2.75) is 19.8 Å². The summed E-state index contributed by atoms with van der Waals surface area (Å²) in [5, 5.41) is 11.4.